The average molecular weight is 318 g/mol. The maximum Gasteiger partial charge on any atom is 0.305 e. The Kier molecular flexibility index (Phi) is 12.8. The second-order valence-corrected chi connectivity index (χ2v) is 5.25. The molecule has 0 fully saturated rings. The van der Waals surface area contributed by atoms with Gasteiger partial charge in [0.1, 0.15) is 6.23 Å². The van der Waals surface area contributed by atoms with E-state index >= 15 is 0 Å². The Morgan fingerprint density at radius 3 is 2.36 bits per heavy atom. The Balaban J connectivity index is 4.06. The molecule has 0 saturated carbocycles. The van der Waals surface area contributed by atoms with E-state index in [2.05, 4.69) is 12.2 Å². The number of carboxylic acids is 2. The van der Waals surface area contributed by atoms with Crippen molar-refractivity contribution in [1.29, 1.82) is 0 Å². The molecule has 0 aliphatic rings. The fourth-order valence-corrected chi connectivity index (χ4v) is 1.98. The molecule has 0 aliphatic heterocycles. The number of aliphatic carboxylic acids is 2. The van der Waals surface area contributed by atoms with E-state index in [4.69, 9.17) is 14.9 Å². The highest BCUT2D eigenvalue weighted by molar-refractivity contribution is 5.67. The van der Waals surface area contributed by atoms with E-state index in [1.54, 1.807) is 0 Å². The van der Waals surface area contributed by atoms with Crippen molar-refractivity contribution in [3.05, 3.63) is 0 Å². The van der Waals surface area contributed by atoms with E-state index in [-0.39, 0.29) is 25.7 Å². The van der Waals surface area contributed by atoms with Gasteiger partial charge in [0.2, 0.25) is 0 Å². The highest BCUT2D eigenvalue weighted by Crippen LogP contribution is 2.03. The highest BCUT2D eigenvalue weighted by Gasteiger charge is 2.15. The first-order valence-electron chi connectivity index (χ1n) is 7.97. The number of ether oxygens (including phenoxy) is 1. The molecule has 7 nitrogen and oxygen atoms in total. The van der Waals surface area contributed by atoms with Crippen LogP contribution in [-0.2, 0) is 14.3 Å². The van der Waals surface area contributed by atoms with Crippen LogP contribution in [0.2, 0.25) is 0 Å². The normalized spacial score (nSPS) is 12.5. The van der Waals surface area contributed by atoms with Crippen molar-refractivity contribution in [2.24, 2.45) is 0 Å². The minimum Gasteiger partial charge on any atom is -0.481 e. The average Bonchev–Trinajstić information content (AvgIpc) is 2.44. The van der Waals surface area contributed by atoms with Gasteiger partial charge in [-0.15, -0.1) is 0 Å². The zero-order valence-corrected chi connectivity index (χ0v) is 13.7. The van der Waals surface area contributed by atoms with Crippen LogP contribution >= 0.6 is 0 Å². The van der Waals surface area contributed by atoms with Crippen LogP contribution in [-0.4, -0.2) is 66.1 Å². The molecule has 0 aromatic rings. The predicted octanol–water partition coefficient (Wildman–Crippen LogP) is 1.38. The van der Waals surface area contributed by atoms with Gasteiger partial charge in [0, 0.05) is 19.6 Å². The molecule has 1 unspecified atom stereocenters. The first-order valence-corrected chi connectivity index (χ1v) is 7.97. The zero-order chi connectivity index (χ0) is 16.8. The number of carbonyl (C=O) groups is 2. The summed E-state index contributed by atoms with van der Waals surface area (Å²) in [6.07, 6.45) is 3.22. The maximum atomic E-state index is 10.7. The minimum atomic E-state index is -0.901. The second-order valence-electron chi connectivity index (χ2n) is 5.25. The molecular weight excluding hydrogens is 288 g/mol. The van der Waals surface area contributed by atoms with Crippen LogP contribution in [0.3, 0.4) is 0 Å². The van der Waals surface area contributed by atoms with Gasteiger partial charge < -0.3 is 20.3 Å². The summed E-state index contributed by atoms with van der Waals surface area (Å²) in [5, 5.41) is 20.7. The van der Waals surface area contributed by atoms with Crippen LogP contribution < -0.4 is 5.32 Å². The van der Waals surface area contributed by atoms with Gasteiger partial charge in [0.05, 0.1) is 19.4 Å². The molecular formula is C15H30N2O5. The number of nitrogens with zero attached hydrogens (tertiary/aromatic N) is 1. The van der Waals surface area contributed by atoms with Crippen LogP contribution in [0.25, 0.3) is 0 Å². The Morgan fingerprint density at radius 2 is 1.77 bits per heavy atom. The van der Waals surface area contributed by atoms with E-state index < -0.39 is 11.9 Å². The molecule has 1 atom stereocenters. The van der Waals surface area contributed by atoms with Gasteiger partial charge in [-0.25, -0.2) is 0 Å². The van der Waals surface area contributed by atoms with E-state index in [0.29, 0.717) is 13.1 Å². The van der Waals surface area contributed by atoms with Crippen LogP contribution in [0.1, 0.15) is 46.0 Å². The Labute approximate surface area is 132 Å². The first kappa shape index (κ1) is 20.8. The van der Waals surface area contributed by atoms with Crippen molar-refractivity contribution >= 4 is 11.9 Å². The van der Waals surface area contributed by atoms with E-state index in [9.17, 15) is 9.59 Å². The summed E-state index contributed by atoms with van der Waals surface area (Å²) in [5.41, 5.74) is 0. The van der Waals surface area contributed by atoms with Crippen molar-refractivity contribution in [2.75, 3.05) is 32.8 Å². The van der Waals surface area contributed by atoms with Gasteiger partial charge in [0.15, 0.2) is 0 Å². The molecule has 3 N–H and O–H groups in total. The van der Waals surface area contributed by atoms with Crippen molar-refractivity contribution in [2.45, 2.75) is 52.2 Å². The smallest absolute Gasteiger partial charge is 0.305 e. The van der Waals surface area contributed by atoms with Crippen LogP contribution in [0, 0.1) is 0 Å². The van der Waals surface area contributed by atoms with Crippen LogP contribution in [0.4, 0.5) is 0 Å². The van der Waals surface area contributed by atoms with E-state index in [0.717, 1.165) is 19.5 Å². The largest absolute Gasteiger partial charge is 0.481 e. The van der Waals surface area contributed by atoms with Crippen molar-refractivity contribution in [1.82, 2.24) is 10.2 Å². The quantitative estimate of drug-likeness (QED) is 0.310. The predicted molar refractivity (Wildman–Crippen MR) is 83.9 cm³/mol. The molecule has 0 spiro atoms. The molecule has 0 aliphatic carbocycles. The third kappa shape index (κ3) is 12.6. The summed E-state index contributed by atoms with van der Waals surface area (Å²) < 4.78 is 5.47. The third-order valence-electron chi connectivity index (χ3n) is 3.33. The lowest BCUT2D eigenvalue weighted by Crippen LogP contribution is -2.41. The van der Waals surface area contributed by atoms with Gasteiger partial charge in [-0.05, 0) is 19.9 Å². The fraction of sp³-hybridized carbons (Fsp3) is 0.867. The molecule has 22 heavy (non-hydrogen) atoms. The van der Waals surface area contributed by atoms with Gasteiger partial charge in [-0.2, -0.15) is 0 Å². The van der Waals surface area contributed by atoms with Gasteiger partial charge in [-0.1, -0.05) is 19.8 Å². The van der Waals surface area contributed by atoms with E-state index in [1.165, 1.54) is 12.8 Å². The first-order chi connectivity index (χ1) is 10.5. The topological polar surface area (TPSA) is 99.1 Å². The Morgan fingerprint density at radius 1 is 1.09 bits per heavy atom. The van der Waals surface area contributed by atoms with Gasteiger partial charge in [0.25, 0.3) is 0 Å². The van der Waals surface area contributed by atoms with Crippen molar-refractivity contribution in [3.8, 4) is 0 Å². The van der Waals surface area contributed by atoms with Crippen LogP contribution in [0.5, 0.6) is 0 Å². The van der Waals surface area contributed by atoms with Gasteiger partial charge >= 0.3 is 11.9 Å². The molecule has 0 saturated heterocycles. The maximum absolute atomic E-state index is 10.7. The summed E-state index contributed by atoms with van der Waals surface area (Å²) >= 11 is 0. The summed E-state index contributed by atoms with van der Waals surface area (Å²) in [6, 6.07) is 0. The number of rotatable bonds is 15. The number of hydrogen-bond donors (Lipinski definition) is 3. The minimum absolute atomic E-state index is 0.0441. The molecule has 0 aromatic carbocycles. The second kappa shape index (κ2) is 13.5. The molecule has 0 rings (SSSR count). The summed E-state index contributed by atoms with van der Waals surface area (Å²) in [4.78, 5) is 23.1. The molecule has 0 amide bonds. The number of nitrogens with one attached hydrogen (secondary N) is 1. The van der Waals surface area contributed by atoms with Crippen molar-refractivity contribution < 1.29 is 24.5 Å². The van der Waals surface area contributed by atoms with Gasteiger partial charge in [-0.3, -0.25) is 14.5 Å². The Hall–Kier alpha value is -1.18. The molecule has 0 aromatic heterocycles. The lowest BCUT2D eigenvalue weighted by molar-refractivity contribution is -0.140. The SMILES string of the molecule is CCCCCNCCN(CCC(=O)O)C(C)OCCC(=O)O. The van der Waals surface area contributed by atoms with Crippen LogP contribution in [0.15, 0.2) is 0 Å². The summed E-state index contributed by atoms with van der Waals surface area (Å²) in [7, 11) is 0. The summed E-state index contributed by atoms with van der Waals surface area (Å²) in [6.45, 7) is 6.88. The number of carboxylic acid groups (broad SMARTS) is 2. The number of unbranched alkanes of at least 4 members (excludes halogenated alkanes) is 2. The third-order valence-corrected chi connectivity index (χ3v) is 3.33. The fourth-order valence-electron chi connectivity index (χ4n) is 1.98. The lowest BCUT2D eigenvalue weighted by atomic mass is 10.2. The highest BCUT2D eigenvalue weighted by atomic mass is 16.5. The number of hydrogen-bond acceptors (Lipinski definition) is 5. The zero-order valence-electron chi connectivity index (χ0n) is 13.7. The van der Waals surface area contributed by atoms with E-state index in [1.807, 2.05) is 11.8 Å². The standard InChI is InChI=1S/C15H30N2O5/c1-3-4-5-8-16-9-11-17(10-6-14(18)19)13(2)22-12-7-15(20)21/h13,16H,3-12H2,1-2H3,(H,18,19)(H,20,21). The molecule has 7 heteroatoms. The van der Waals surface area contributed by atoms with Crippen molar-refractivity contribution in [3.63, 3.8) is 0 Å². The molecule has 0 heterocycles. The molecule has 130 valence electrons. The molecule has 0 radical (unpaired) electrons. The molecule has 0 bridgehead atoms. The Bertz CT molecular complexity index is 312. The lowest BCUT2D eigenvalue weighted by Gasteiger charge is -2.28. The monoisotopic (exact) mass is 318 g/mol. The summed E-state index contributed by atoms with van der Waals surface area (Å²) in [5.74, 6) is -1.75.